The summed E-state index contributed by atoms with van der Waals surface area (Å²) < 4.78 is 8.31. The van der Waals surface area contributed by atoms with Crippen LogP contribution in [0.5, 0.6) is 5.75 Å². The lowest BCUT2D eigenvalue weighted by Gasteiger charge is -2.08. The number of benzene rings is 1. The topological polar surface area (TPSA) is 117 Å². The summed E-state index contributed by atoms with van der Waals surface area (Å²) in [6.45, 7) is 5.62. The van der Waals surface area contributed by atoms with Gasteiger partial charge in [-0.15, -0.1) is 0 Å². The number of hydrogen-bond acceptors (Lipinski definition) is 6. The Kier molecular flexibility index (Phi) is 5.62. The number of carbonyl (C=O) groups excluding carboxylic acids is 1. The van der Waals surface area contributed by atoms with Crippen molar-refractivity contribution in [2.75, 3.05) is 12.4 Å². The maximum Gasteiger partial charge on any atom is 0.309 e. The van der Waals surface area contributed by atoms with Crippen LogP contribution in [-0.4, -0.2) is 37.5 Å². The number of aryl methyl sites for hydroxylation is 2. The molecule has 1 amide bonds. The largest absolute Gasteiger partial charge is 0.497 e. The Morgan fingerprint density at radius 1 is 1.24 bits per heavy atom. The number of methoxy groups -OCH3 is 1. The van der Waals surface area contributed by atoms with Gasteiger partial charge in [0.2, 0.25) is 5.91 Å². The Morgan fingerprint density at radius 2 is 2.00 bits per heavy atom. The predicted molar refractivity (Wildman–Crippen MR) is 106 cm³/mol. The van der Waals surface area contributed by atoms with Crippen molar-refractivity contribution < 1.29 is 14.5 Å². The second-order valence-electron chi connectivity index (χ2n) is 6.66. The molecular weight excluding hydrogens is 376 g/mol. The molecule has 0 unspecified atom stereocenters. The minimum Gasteiger partial charge on any atom is -0.497 e. The van der Waals surface area contributed by atoms with Crippen molar-refractivity contribution >= 4 is 17.3 Å². The van der Waals surface area contributed by atoms with E-state index in [9.17, 15) is 14.9 Å². The van der Waals surface area contributed by atoms with E-state index in [0.717, 1.165) is 17.0 Å². The molecule has 0 saturated heterocycles. The van der Waals surface area contributed by atoms with Crippen molar-refractivity contribution in [1.29, 1.82) is 0 Å². The van der Waals surface area contributed by atoms with Gasteiger partial charge in [-0.05, 0) is 38.5 Å². The summed E-state index contributed by atoms with van der Waals surface area (Å²) in [5.74, 6) is 0.427. The highest BCUT2D eigenvalue weighted by molar-refractivity contribution is 5.91. The summed E-state index contributed by atoms with van der Waals surface area (Å²) >= 11 is 0. The fourth-order valence-corrected chi connectivity index (χ4v) is 3.07. The van der Waals surface area contributed by atoms with E-state index >= 15 is 0 Å². The summed E-state index contributed by atoms with van der Waals surface area (Å²) in [6, 6.07) is 7.69. The van der Waals surface area contributed by atoms with E-state index in [4.69, 9.17) is 4.74 Å². The Balaban J connectivity index is 1.73. The van der Waals surface area contributed by atoms with Gasteiger partial charge in [0, 0.05) is 0 Å². The molecule has 10 heteroatoms. The number of hydrogen-bond donors (Lipinski definition) is 1. The van der Waals surface area contributed by atoms with Gasteiger partial charge in [-0.25, -0.2) is 0 Å². The van der Waals surface area contributed by atoms with Crippen molar-refractivity contribution in [3.8, 4) is 5.75 Å². The Labute approximate surface area is 167 Å². The molecule has 0 aliphatic rings. The minimum absolute atomic E-state index is 0.115. The lowest BCUT2D eigenvalue weighted by molar-refractivity contribution is -0.385. The van der Waals surface area contributed by atoms with Gasteiger partial charge in [0.1, 0.15) is 24.2 Å². The van der Waals surface area contributed by atoms with Crippen LogP contribution in [0.3, 0.4) is 0 Å². The fraction of sp³-hybridized carbons (Fsp3) is 0.316. The van der Waals surface area contributed by atoms with E-state index in [1.807, 2.05) is 42.8 Å². The quantitative estimate of drug-likeness (QED) is 0.483. The molecular formula is C19H22N6O4. The third-order valence-electron chi connectivity index (χ3n) is 4.54. The van der Waals surface area contributed by atoms with Crippen molar-refractivity contribution in [3.63, 3.8) is 0 Å². The highest BCUT2D eigenvalue weighted by atomic mass is 16.6. The normalized spacial score (nSPS) is 10.8. The fourth-order valence-electron chi connectivity index (χ4n) is 3.07. The van der Waals surface area contributed by atoms with E-state index in [2.05, 4.69) is 15.5 Å². The monoisotopic (exact) mass is 398 g/mol. The number of nitrogens with zero attached hydrogens (tertiary/aromatic N) is 5. The number of nitrogens with one attached hydrogen (secondary N) is 1. The van der Waals surface area contributed by atoms with Crippen LogP contribution in [0.4, 0.5) is 11.4 Å². The van der Waals surface area contributed by atoms with Crippen molar-refractivity contribution in [1.82, 2.24) is 19.6 Å². The standard InChI is InChI=1S/C19H22N6O4/c1-12-17(25(27)28)10-23(21-12)11-18(26)20-19-13(2)22-24(14(19)3)9-15-6-5-7-16(8-15)29-4/h5-8,10H,9,11H2,1-4H3,(H,20,26). The first-order valence-corrected chi connectivity index (χ1v) is 8.93. The first-order chi connectivity index (χ1) is 13.8. The number of aromatic nitrogens is 4. The van der Waals surface area contributed by atoms with E-state index in [1.165, 1.54) is 17.8 Å². The summed E-state index contributed by atoms with van der Waals surface area (Å²) in [5, 5.41) is 22.3. The van der Waals surface area contributed by atoms with E-state index in [-0.39, 0.29) is 23.8 Å². The molecule has 0 aliphatic heterocycles. The zero-order chi connectivity index (χ0) is 21.1. The first kappa shape index (κ1) is 20.1. The van der Waals surface area contributed by atoms with Crippen molar-refractivity contribution in [2.45, 2.75) is 33.9 Å². The second-order valence-corrected chi connectivity index (χ2v) is 6.66. The highest BCUT2D eigenvalue weighted by Crippen LogP contribution is 2.22. The minimum atomic E-state index is -0.520. The molecule has 1 aromatic carbocycles. The zero-order valence-electron chi connectivity index (χ0n) is 16.7. The van der Waals surface area contributed by atoms with Crippen LogP contribution in [0.25, 0.3) is 0 Å². The summed E-state index contributed by atoms with van der Waals surface area (Å²) in [4.78, 5) is 22.8. The van der Waals surface area contributed by atoms with Crippen LogP contribution in [0.1, 0.15) is 22.6 Å². The van der Waals surface area contributed by atoms with Crippen LogP contribution in [0.15, 0.2) is 30.5 Å². The third kappa shape index (κ3) is 4.42. The van der Waals surface area contributed by atoms with Gasteiger partial charge in [0.15, 0.2) is 0 Å². The van der Waals surface area contributed by atoms with E-state index < -0.39 is 4.92 Å². The Bertz CT molecular complexity index is 1070. The number of anilines is 1. The molecule has 0 radical (unpaired) electrons. The lowest BCUT2D eigenvalue weighted by atomic mass is 10.2. The maximum atomic E-state index is 12.4. The van der Waals surface area contributed by atoms with Crippen LogP contribution in [0.2, 0.25) is 0 Å². The van der Waals surface area contributed by atoms with E-state index in [1.54, 1.807) is 7.11 Å². The average Bonchev–Trinajstić information content (AvgIpc) is 3.16. The summed E-state index contributed by atoms with van der Waals surface area (Å²) in [6.07, 6.45) is 1.25. The SMILES string of the molecule is COc1cccc(Cn2nc(C)c(NC(=O)Cn3cc([N+](=O)[O-])c(C)n3)c2C)c1. The van der Waals surface area contributed by atoms with Crippen molar-refractivity contribution in [3.05, 3.63) is 63.2 Å². The molecule has 2 heterocycles. The molecule has 0 aliphatic carbocycles. The van der Waals surface area contributed by atoms with Gasteiger partial charge in [0.25, 0.3) is 0 Å². The molecule has 29 heavy (non-hydrogen) atoms. The number of carbonyl (C=O) groups is 1. The Hall–Kier alpha value is -3.69. The van der Waals surface area contributed by atoms with Gasteiger partial charge in [-0.1, -0.05) is 12.1 Å². The molecule has 3 aromatic rings. The summed E-state index contributed by atoms with van der Waals surface area (Å²) in [5.41, 5.74) is 3.28. The third-order valence-corrected chi connectivity index (χ3v) is 4.54. The molecule has 152 valence electrons. The zero-order valence-corrected chi connectivity index (χ0v) is 16.7. The maximum absolute atomic E-state index is 12.4. The van der Waals surface area contributed by atoms with Gasteiger partial charge >= 0.3 is 5.69 Å². The molecule has 0 saturated carbocycles. The molecule has 2 aromatic heterocycles. The molecule has 10 nitrogen and oxygen atoms in total. The Morgan fingerprint density at radius 3 is 2.66 bits per heavy atom. The van der Waals surface area contributed by atoms with Gasteiger partial charge in [-0.3, -0.25) is 24.3 Å². The predicted octanol–water partition coefficient (Wildman–Crippen LogP) is 2.61. The van der Waals surface area contributed by atoms with Crippen LogP contribution in [0, 0.1) is 30.9 Å². The second kappa shape index (κ2) is 8.13. The molecule has 1 N–H and O–H groups in total. The number of rotatable bonds is 7. The van der Waals surface area contributed by atoms with Crippen LogP contribution in [-0.2, 0) is 17.9 Å². The van der Waals surface area contributed by atoms with Crippen molar-refractivity contribution in [2.24, 2.45) is 0 Å². The highest BCUT2D eigenvalue weighted by Gasteiger charge is 2.18. The first-order valence-electron chi connectivity index (χ1n) is 8.93. The van der Waals surface area contributed by atoms with Gasteiger partial charge in [-0.2, -0.15) is 10.2 Å². The number of amides is 1. The molecule has 3 rings (SSSR count). The van der Waals surface area contributed by atoms with Crippen LogP contribution >= 0.6 is 0 Å². The molecule has 0 fully saturated rings. The van der Waals surface area contributed by atoms with Gasteiger partial charge < -0.3 is 10.1 Å². The number of ether oxygens (including phenoxy) is 1. The van der Waals surface area contributed by atoms with Crippen LogP contribution < -0.4 is 10.1 Å². The number of nitro groups is 1. The molecule has 0 atom stereocenters. The smallest absolute Gasteiger partial charge is 0.309 e. The molecule has 0 spiro atoms. The molecule has 0 bridgehead atoms. The van der Waals surface area contributed by atoms with E-state index in [0.29, 0.717) is 17.9 Å². The van der Waals surface area contributed by atoms with Gasteiger partial charge in [0.05, 0.1) is 35.7 Å². The summed E-state index contributed by atoms with van der Waals surface area (Å²) in [7, 11) is 1.62. The average molecular weight is 398 g/mol. The lowest BCUT2D eigenvalue weighted by Crippen LogP contribution is -2.20.